The number of terminal acetylenes is 1. The average molecular weight is 270 g/mol. The summed E-state index contributed by atoms with van der Waals surface area (Å²) in [6.45, 7) is 2.17. The van der Waals surface area contributed by atoms with Crippen molar-refractivity contribution in [3.8, 4) is 12.3 Å². The Kier molecular flexibility index (Phi) is 4.53. The fraction of sp³-hybridized carbons (Fsp3) is 0.364. The minimum absolute atomic E-state index is 0.0575. The second-order valence-electron chi connectivity index (χ2n) is 3.59. The van der Waals surface area contributed by atoms with Gasteiger partial charge in [0.05, 0.1) is 6.54 Å². The van der Waals surface area contributed by atoms with Crippen LogP contribution in [-0.2, 0) is 16.6 Å². The van der Waals surface area contributed by atoms with Crippen LogP contribution in [0.3, 0.4) is 0 Å². The molecule has 0 aliphatic heterocycles. The normalized spacial score (nSPS) is 11.1. The molecular formula is C11H14N2O4S. The lowest BCUT2D eigenvalue weighted by Gasteiger charge is -2.02. The van der Waals surface area contributed by atoms with E-state index in [1.54, 1.807) is 0 Å². The van der Waals surface area contributed by atoms with E-state index in [0.717, 1.165) is 6.07 Å². The minimum Gasteiger partial charge on any atom is -0.477 e. The van der Waals surface area contributed by atoms with Crippen LogP contribution in [0.25, 0.3) is 0 Å². The number of carboxylic acid groups (broad SMARTS) is 1. The molecule has 0 bridgehead atoms. The third-order valence-corrected chi connectivity index (χ3v) is 3.60. The zero-order valence-corrected chi connectivity index (χ0v) is 10.7. The van der Waals surface area contributed by atoms with E-state index in [0.29, 0.717) is 13.0 Å². The Labute approximate surface area is 106 Å². The lowest BCUT2D eigenvalue weighted by molar-refractivity contribution is 0.0685. The van der Waals surface area contributed by atoms with Crippen LogP contribution >= 0.6 is 0 Å². The monoisotopic (exact) mass is 270 g/mol. The maximum absolute atomic E-state index is 11.8. The van der Waals surface area contributed by atoms with E-state index in [9.17, 15) is 13.2 Å². The molecule has 0 aliphatic rings. The number of rotatable bonds is 6. The zero-order valence-electron chi connectivity index (χ0n) is 9.88. The number of aromatic nitrogens is 1. The van der Waals surface area contributed by atoms with Crippen LogP contribution in [0, 0.1) is 12.3 Å². The highest BCUT2D eigenvalue weighted by Crippen LogP contribution is 2.15. The fourth-order valence-corrected chi connectivity index (χ4v) is 2.43. The molecule has 0 fully saturated rings. The van der Waals surface area contributed by atoms with Crippen molar-refractivity contribution in [1.29, 1.82) is 0 Å². The van der Waals surface area contributed by atoms with Gasteiger partial charge >= 0.3 is 5.97 Å². The van der Waals surface area contributed by atoms with Gasteiger partial charge in [-0.15, -0.1) is 6.42 Å². The molecule has 6 nitrogen and oxygen atoms in total. The summed E-state index contributed by atoms with van der Waals surface area (Å²) in [4.78, 5) is 10.9. The Morgan fingerprint density at radius 3 is 2.78 bits per heavy atom. The first-order valence-electron chi connectivity index (χ1n) is 5.29. The summed E-state index contributed by atoms with van der Waals surface area (Å²) in [6, 6.07) is 1.12. The highest BCUT2D eigenvalue weighted by molar-refractivity contribution is 7.89. The number of nitrogens with one attached hydrogen (secondary N) is 1. The van der Waals surface area contributed by atoms with Gasteiger partial charge in [0, 0.05) is 12.7 Å². The van der Waals surface area contributed by atoms with Crippen molar-refractivity contribution in [3.05, 3.63) is 18.0 Å². The molecule has 0 unspecified atom stereocenters. The maximum atomic E-state index is 11.8. The van der Waals surface area contributed by atoms with Crippen LogP contribution in [0.5, 0.6) is 0 Å². The molecule has 1 rings (SSSR count). The maximum Gasteiger partial charge on any atom is 0.352 e. The number of hydrogen-bond acceptors (Lipinski definition) is 3. The van der Waals surface area contributed by atoms with Crippen molar-refractivity contribution >= 4 is 16.0 Å². The molecule has 0 saturated heterocycles. The van der Waals surface area contributed by atoms with Crippen molar-refractivity contribution in [2.24, 2.45) is 0 Å². The van der Waals surface area contributed by atoms with Crippen LogP contribution in [0.15, 0.2) is 17.2 Å². The van der Waals surface area contributed by atoms with E-state index in [4.69, 9.17) is 11.5 Å². The Morgan fingerprint density at radius 2 is 2.28 bits per heavy atom. The second-order valence-corrected chi connectivity index (χ2v) is 5.36. The smallest absolute Gasteiger partial charge is 0.352 e. The van der Waals surface area contributed by atoms with Crippen molar-refractivity contribution in [3.63, 3.8) is 0 Å². The molecule has 0 saturated carbocycles. The predicted octanol–water partition coefficient (Wildman–Crippen LogP) is 0.508. The van der Waals surface area contributed by atoms with Crippen molar-refractivity contribution < 1.29 is 18.3 Å². The quantitative estimate of drug-likeness (QED) is 0.737. The molecule has 1 aromatic rings. The zero-order chi connectivity index (χ0) is 13.8. The Bertz CT molecular complexity index is 581. The van der Waals surface area contributed by atoms with Crippen molar-refractivity contribution in [1.82, 2.24) is 9.29 Å². The van der Waals surface area contributed by atoms with E-state index >= 15 is 0 Å². The average Bonchev–Trinajstić information content (AvgIpc) is 2.72. The van der Waals surface area contributed by atoms with Gasteiger partial charge in [0.2, 0.25) is 10.0 Å². The van der Waals surface area contributed by atoms with Gasteiger partial charge in [0.25, 0.3) is 0 Å². The third-order valence-electron chi connectivity index (χ3n) is 2.23. The molecule has 7 heteroatoms. The summed E-state index contributed by atoms with van der Waals surface area (Å²) >= 11 is 0. The number of aromatic carboxylic acids is 1. The van der Waals surface area contributed by atoms with Crippen molar-refractivity contribution in [2.75, 3.05) is 6.54 Å². The van der Waals surface area contributed by atoms with Crippen LogP contribution in [-0.4, -0.2) is 30.6 Å². The first-order chi connectivity index (χ1) is 8.42. The number of carbonyl (C=O) groups is 1. The van der Waals surface area contributed by atoms with Gasteiger partial charge in [-0.2, -0.15) is 4.72 Å². The van der Waals surface area contributed by atoms with Crippen LogP contribution in [0.1, 0.15) is 23.8 Å². The third kappa shape index (κ3) is 3.12. The highest BCUT2D eigenvalue weighted by atomic mass is 32.2. The molecule has 2 N–H and O–H groups in total. The molecule has 0 atom stereocenters. The molecule has 0 aliphatic carbocycles. The van der Waals surface area contributed by atoms with Gasteiger partial charge < -0.3 is 9.67 Å². The predicted molar refractivity (Wildman–Crippen MR) is 65.7 cm³/mol. The SMILES string of the molecule is C#CCNS(=O)(=O)c1cc(C(=O)O)n(CCC)c1. The van der Waals surface area contributed by atoms with Gasteiger partial charge in [-0.25, -0.2) is 13.2 Å². The van der Waals surface area contributed by atoms with Gasteiger partial charge in [-0.1, -0.05) is 12.8 Å². The summed E-state index contributed by atoms with van der Waals surface area (Å²) in [5.74, 6) is 0.985. The van der Waals surface area contributed by atoms with E-state index in [2.05, 4.69) is 10.6 Å². The van der Waals surface area contributed by atoms with Gasteiger partial charge in [0.1, 0.15) is 10.6 Å². The molecule has 0 radical (unpaired) electrons. The number of carboxylic acids is 1. The Balaban J connectivity index is 3.16. The second kappa shape index (κ2) is 5.71. The molecule has 1 heterocycles. The highest BCUT2D eigenvalue weighted by Gasteiger charge is 2.20. The van der Waals surface area contributed by atoms with E-state index in [1.807, 2.05) is 6.92 Å². The summed E-state index contributed by atoms with van der Waals surface area (Å²) in [5, 5.41) is 8.98. The van der Waals surface area contributed by atoms with Crippen LogP contribution < -0.4 is 4.72 Å². The lowest BCUT2D eigenvalue weighted by atomic mass is 10.4. The van der Waals surface area contributed by atoms with Crippen LogP contribution in [0.2, 0.25) is 0 Å². The topological polar surface area (TPSA) is 88.4 Å². The molecular weight excluding hydrogens is 256 g/mol. The number of sulfonamides is 1. The Hall–Kier alpha value is -1.78. The Morgan fingerprint density at radius 1 is 1.61 bits per heavy atom. The van der Waals surface area contributed by atoms with Gasteiger partial charge in [0.15, 0.2) is 0 Å². The lowest BCUT2D eigenvalue weighted by Crippen LogP contribution is -2.23. The van der Waals surface area contributed by atoms with E-state index < -0.39 is 16.0 Å². The standard InChI is InChI=1S/C11H14N2O4S/c1-3-5-12-18(16,17)9-7-10(11(14)15)13(8-9)6-4-2/h1,7-8,12H,4-6H2,2H3,(H,14,15). The first kappa shape index (κ1) is 14.3. The van der Waals surface area contributed by atoms with Crippen LogP contribution in [0.4, 0.5) is 0 Å². The number of hydrogen-bond donors (Lipinski definition) is 2. The summed E-state index contributed by atoms with van der Waals surface area (Å²) in [5.41, 5.74) is -0.0575. The minimum atomic E-state index is -3.75. The van der Waals surface area contributed by atoms with Crippen molar-refractivity contribution in [2.45, 2.75) is 24.8 Å². The molecule has 0 spiro atoms. The van der Waals surface area contributed by atoms with Gasteiger partial charge in [-0.05, 0) is 12.5 Å². The first-order valence-corrected chi connectivity index (χ1v) is 6.77. The van der Waals surface area contributed by atoms with E-state index in [1.165, 1.54) is 10.8 Å². The number of aryl methyl sites for hydroxylation is 1. The molecule has 0 amide bonds. The molecule has 98 valence electrons. The molecule has 1 aromatic heterocycles. The largest absolute Gasteiger partial charge is 0.477 e. The fourth-order valence-electron chi connectivity index (χ4n) is 1.46. The number of nitrogens with zero attached hydrogens (tertiary/aromatic N) is 1. The molecule has 0 aromatic carbocycles. The van der Waals surface area contributed by atoms with E-state index in [-0.39, 0.29) is 17.1 Å². The summed E-state index contributed by atoms with van der Waals surface area (Å²) in [6.07, 6.45) is 6.97. The summed E-state index contributed by atoms with van der Waals surface area (Å²) < 4.78 is 27.1. The molecule has 18 heavy (non-hydrogen) atoms. The summed E-state index contributed by atoms with van der Waals surface area (Å²) in [7, 11) is -3.75. The van der Waals surface area contributed by atoms with Gasteiger partial charge in [-0.3, -0.25) is 0 Å².